The second kappa shape index (κ2) is 6.95. The molecule has 0 aliphatic heterocycles. The molecule has 20 heavy (non-hydrogen) atoms. The third-order valence-electron chi connectivity index (χ3n) is 4.29. The number of benzene rings is 1. The van der Waals surface area contributed by atoms with Crippen molar-refractivity contribution in [1.82, 2.24) is 4.90 Å². The minimum atomic E-state index is 0.215. The third-order valence-corrected chi connectivity index (χ3v) is 4.29. The van der Waals surface area contributed by atoms with Crippen molar-refractivity contribution in [1.29, 1.82) is 0 Å². The Morgan fingerprint density at radius 3 is 2.55 bits per heavy atom. The Morgan fingerprint density at radius 1 is 1.30 bits per heavy atom. The van der Waals surface area contributed by atoms with Gasteiger partial charge in [0.2, 0.25) is 0 Å². The maximum atomic E-state index is 9.86. The fourth-order valence-electron chi connectivity index (χ4n) is 3.03. The molecule has 0 aromatic heterocycles. The number of phenolic OH excluding ortho intramolecular Hbond substituents is 1. The van der Waals surface area contributed by atoms with Crippen LogP contribution in [0.15, 0.2) is 18.2 Å². The van der Waals surface area contributed by atoms with Crippen LogP contribution in [-0.4, -0.2) is 35.7 Å². The number of rotatable bonds is 5. The number of methoxy groups -OCH3 is 1. The Bertz CT molecular complexity index is 428. The minimum Gasteiger partial charge on any atom is -0.504 e. The lowest BCUT2D eigenvalue weighted by molar-refractivity contribution is 0.149. The van der Waals surface area contributed by atoms with Gasteiger partial charge in [-0.25, -0.2) is 0 Å². The van der Waals surface area contributed by atoms with Crippen LogP contribution in [0.2, 0.25) is 0 Å². The molecular formula is C16H26N2O2. The molecule has 1 fully saturated rings. The fourth-order valence-corrected chi connectivity index (χ4v) is 3.03. The van der Waals surface area contributed by atoms with E-state index in [0.29, 0.717) is 17.8 Å². The molecule has 1 aliphatic carbocycles. The van der Waals surface area contributed by atoms with E-state index in [0.717, 1.165) is 31.5 Å². The lowest BCUT2D eigenvalue weighted by Gasteiger charge is -2.35. The molecule has 1 aromatic rings. The molecule has 3 N–H and O–H groups in total. The summed E-state index contributed by atoms with van der Waals surface area (Å²) in [5.74, 6) is 0.743. The molecule has 0 saturated heterocycles. The summed E-state index contributed by atoms with van der Waals surface area (Å²) in [6.45, 7) is 4.08. The largest absolute Gasteiger partial charge is 0.504 e. The maximum Gasteiger partial charge on any atom is 0.160 e. The van der Waals surface area contributed by atoms with Crippen molar-refractivity contribution in [2.24, 2.45) is 5.73 Å². The van der Waals surface area contributed by atoms with Crippen molar-refractivity contribution in [3.63, 3.8) is 0 Å². The Hall–Kier alpha value is -1.26. The zero-order valence-corrected chi connectivity index (χ0v) is 12.5. The molecule has 1 aromatic carbocycles. The molecular weight excluding hydrogens is 252 g/mol. The molecule has 4 heteroatoms. The van der Waals surface area contributed by atoms with Crippen molar-refractivity contribution in [3.8, 4) is 11.5 Å². The lowest BCUT2D eigenvalue weighted by Crippen LogP contribution is -2.40. The van der Waals surface area contributed by atoms with E-state index < -0.39 is 0 Å². The summed E-state index contributed by atoms with van der Waals surface area (Å²) >= 11 is 0. The van der Waals surface area contributed by atoms with Crippen LogP contribution in [-0.2, 0) is 6.54 Å². The van der Waals surface area contributed by atoms with Crippen LogP contribution in [0, 0.1) is 0 Å². The van der Waals surface area contributed by atoms with Crippen molar-refractivity contribution in [3.05, 3.63) is 23.8 Å². The van der Waals surface area contributed by atoms with Gasteiger partial charge in [-0.3, -0.25) is 4.90 Å². The van der Waals surface area contributed by atoms with Gasteiger partial charge in [0.15, 0.2) is 11.5 Å². The topological polar surface area (TPSA) is 58.7 Å². The second-order valence-corrected chi connectivity index (χ2v) is 5.64. The van der Waals surface area contributed by atoms with Crippen LogP contribution >= 0.6 is 0 Å². The van der Waals surface area contributed by atoms with E-state index in [4.69, 9.17) is 10.5 Å². The van der Waals surface area contributed by atoms with Crippen LogP contribution in [0.4, 0.5) is 0 Å². The third kappa shape index (κ3) is 3.64. The number of ether oxygens (including phenoxy) is 1. The van der Waals surface area contributed by atoms with E-state index in [2.05, 4.69) is 11.8 Å². The predicted molar refractivity (Wildman–Crippen MR) is 81.0 cm³/mol. The molecule has 0 bridgehead atoms. The van der Waals surface area contributed by atoms with Crippen molar-refractivity contribution in [2.75, 3.05) is 13.7 Å². The quantitative estimate of drug-likeness (QED) is 0.869. The molecule has 0 unspecified atom stereocenters. The molecule has 0 radical (unpaired) electrons. The molecule has 2 rings (SSSR count). The smallest absolute Gasteiger partial charge is 0.160 e. The van der Waals surface area contributed by atoms with E-state index >= 15 is 0 Å². The summed E-state index contributed by atoms with van der Waals surface area (Å²) in [4.78, 5) is 2.48. The Kier molecular flexibility index (Phi) is 5.26. The van der Waals surface area contributed by atoms with Gasteiger partial charge >= 0.3 is 0 Å². The maximum absolute atomic E-state index is 9.86. The van der Waals surface area contributed by atoms with E-state index in [1.54, 1.807) is 13.2 Å². The van der Waals surface area contributed by atoms with Crippen LogP contribution in [0.3, 0.4) is 0 Å². The lowest BCUT2D eigenvalue weighted by atomic mass is 9.90. The SMILES string of the molecule is CCN(Cc1ccc(OC)c(O)c1)C1CCC(N)CC1. The van der Waals surface area contributed by atoms with Gasteiger partial charge in [0.1, 0.15) is 0 Å². The van der Waals surface area contributed by atoms with Crippen molar-refractivity contribution >= 4 is 0 Å². The number of hydrogen-bond acceptors (Lipinski definition) is 4. The van der Waals surface area contributed by atoms with Crippen LogP contribution in [0.5, 0.6) is 11.5 Å². The van der Waals surface area contributed by atoms with Gasteiger partial charge in [-0.05, 0) is 49.9 Å². The van der Waals surface area contributed by atoms with Gasteiger partial charge in [0.25, 0.3) is 0 Å². The minimum absolute atomic E-state index is 0.215. The summed E-state index contributed by atoms with van der Waals surface area (Å²) in [6.07, 6.45) is 4.60. The molecule has 1 saturated carbocycles. The van der Waals surface area contributed by atoms with E-state index in [-0.39, 0.29) is 5.75 Å². The highest BCUT2D eigenvalue weighted by molar-refractivity contribution is 5.41. The van der Waals surface area contributed by atoms with Crippen LogP contribution < -0.4 is 10.5 Å². The first kappa shape index (κ1) is 15.1. The van der Waals surface area contributed by atoms with Crippen LogP contribution in [0.1, 0.15) is 38.2 Å². The van der Waals surface area contributed by atoms with Crippen molar-refractivity contribution in [2.45, 2.75) is 51.2 Å². The number of nitrogens with two attached hydrogens (primary N) is 1. The normalized spacial score (nSPS) is 23.0. The monoisotopic (exact) mass is 278 g/mol. The standard InChI is InChI=1S/C16H26N2O2/c1-3-18(14-7-5-13(17)6-8-14)11-12-4-9-16(20-2)15(19)10-12/h4,9-10,13-14,19H,3,5-8,11,17H2,1-2H3. The molecule has 0 atom stereocenters. The summed E-state index contributed by atoms with van der Waals surface area (Å²) in [6, 6.07) is 6.65. The van der Waals surface area contributed by atoms with E-state index in [1.165, 1.54) is 12.8 Å². The summed E-state index contributed by atoms with van der Waals surface area (Å²) < 4.78 is 5.08. The fraction of sp³-hybridized carbons (Fsp3) is 0.625. The zero-order chi connectivity index (χ0) is 14.5. The molecule has 0 spiro atoms. The number of hydrogen-bond donors (Lipinski definition) is 2. The Labute approximate surface area is 121 Å². The van der Waals surface area contributed by atoms with Crippen LogP contribution in [0.25, 0.3) is 0 Å². The van der Waals surface area contributed by atoms with Gasteiger partial charge in [-0.15, -0.1) is 0 Å². The molecule has 4 nitrogen and oxygen atoms in total. The van der Waals surface area contributed by atoms with Gasteiger partial charge in [0.05, 0.1) is 7.11 Å². The average Bonchev–Trinajstić information content (AvgIpc) is 2.46. The molecule has 0 amide bonds. The molecule has 1 aliphatic rings. The van der Waals surface area contributed by atoms with Crippen molar-refractivity contribution < 1.29 is 9.84 Å². The average molecular weight is 278 g/mol. The first-order chi connectivity index (χ1) is 9.63. The number of phenols is 1. The summed E-state index contributed by atoms with van der Waals surface area (Å²) in [5.41, 5.74) is 7.10. The van der Waals surface area contributed by atoms with Gasteiger partial charge in [-0.1, -0.05) is 13.0 Å². The second-order valence-electron chi connectivity index (χ2n) is 5.64. The molecule has 0 heterocycles. The van der Waals surface area contributed by atoms with E-state index in [9.17, 15) is 5.11 Å². The highest BCUT2D eigenvalue weighted by atomic mass is 16.5. The first-order valence-corrected chi connectivity index (χ1v) is 7.49. The van der Waals surface area contributed by atoms with Gasteiger partial charge < -0.3 is 15.6 Å². The summed E-state index contributed by atoms with van der Waals surface area (Å²) in [5, 5.41) is 9.86. The Balaban J connectivity index is 2.00. The van der Waals surface area contributed by atoms with E-state index in [1.807, 2.05) is 12.1 Å². The van der Waals surface area contributed by atoms with Gasteiger partial charge in [-0.2, -0.15) is 0 Å². The predicted octanol–water partition coefficient (Wildman–Crippen LogP) is 2.49. The zero-order valence-electron chi connectivity index (χ0n) is 12.5. The molecule has 112 valence electrons. The first-order valence-electron chi connectivity index (χ1n) is 7.49. The number of nitrogens with zero attached hydrogens (tertiary/aromatic N) is 1. The highest BCUT2D eigenvalue weighted by Gasteiger charge is 2.23. The number of aromatic hydroxyl groups is 1. The van der Waals surface area contributed by atoms with Gasteiger partial charge in [0, 0.05) is 18.6 Å². The Morgan fingerprint density at radius 2 is 2.00 bits per heavy atom. The summed E-state index contributed by atoms with van der Waals surface area (Å²) in [7, 11) is 1.57. The highest BCUT2D eigenvalue weighted by Crippen LogP contribution is 2.28.